The first-order valence-corrected chi connectivity index (χ1v) is 8.41. The fraction of sp³-hybridized carbons (Fsp3) is 0.182. The Hall–Kier alpha value is -2.42. The first kappa shape index (κ1) is 15.1. The number of benzene rings is 3. The molecule has 1 N–H and O–H groups in total. The van der Waals surface area contributed by atoms with Crippen molar-refractivity contribution in [3.63, 3.8) is 0 Å². The van der Waals surface area contributed by atoms with E-state index >= 15 is 0 Å². The van der Waals surface area contributed by atoms with Crippen LogP contribution in [0.25, 0.3) is 0 Å². The van der Waals surface area contributed by atoms with E-state index in [9.17, 15) is 5.11 Å². The first-order chi connectivity index (χ1) is 11.8. The second-order valence-electron chi connectivity index (χ2n) is 6.37. The van der Waals surface area contributed by atoms with Gasteiger partial charge in [-0.25, -0.2) is 0 Å². The summed E-state index contributed by atoms with van der Waals surface area (Å²) in [5.41, 5.74) is 3.32. The van der Waals surface area contributed by atoms with Gasteiger partial charge in [0, 0.05) is 13.1 Å². The van der Waals surface area contributed by atoms with Crippen molar-refractivity contribution in [1.82, 2.24) is 4.90 Å². The molecular weight excluding hydrogens is 294 g/mol. The quantitative estimate of drug-likeness (QED) is 0.743. The van der Waals surface area contributed by atoms with Gasteiger partial charge >= 0.3 is 0 Å². The largest absolute Gasteiger partial charge is 0.390 e. The van der Waals surface area contributed by atoms with E-state index in [1.165, 1.54) is 16.7 Å². The number of aliphatic hydroxyl groups is 1. The normalized spacial score (nSPS) is 15.9. The molecule has 24 heavy (non-hydrogen) atoms. The lowest BCUT2D eigenvalue weighted by Crippen LogP contribution is -2.61. The molecule has 2 heteroatoms. The summed E-state index contributed by atoms with van der Waals surface area (Å²) < 4.78 is 0. The molecule has 0 aromatic heterocycles. The lowest BCUT2D eigenvalue weighted by atomic mass is 9.74. The number of aliphatic hydroxyl groups excluding tert-OH is 1. The molecule has 0 aliphatic carbocycles. The van der Waals surface area contributed by atoms with E-state index in [0.717, 1.165) is 0 Å². The Labute approximate surface area is 143 Å². The van der Waals surface area contributed by atoms with Crippen molar-refractivity contribution in [1.29, 1.82) is 0 Å². The van der Waals surface area contributed by atoms with Crippen LogP contribution in [-0.2, 0) is 5.54 Å². The van der Waals surface area contributed by atoms with Gasteiger partial charge in [-0.3, -0.25) is 4.90 Å². The monoisotopic (exact) mass is 315 g/mol. The highest BCUT2D eigenvalue weighted by atomic mass is 16.3. The minimum Gasteiger partial charge on any atom is -0.390 e. The Bertz CT molecular complexity index is 683. The maximum Gasteiger partial charge on any atom is 0.0974 e. The third kappa shape index (κ3) is 2.35. The highest BCUT2D eigenvalue weighted by molar-refractivity contribution is 5.50. The van der Waals surface area contributed by atoms with Crippen molar-refractivity contribution >= 4 is 0 Å². The molecule has 1 saturated heterocycles. The number of hydrogen-bond donors (Lipinski definition) is 1. The standard InChI is InChI=1S/C22H21NO/c24-21-16-23(17-21)22(18-10-4-1-5-11-18,19-12-6-2-7-13-19)20-14-8-3-9-15-20/h1-15,21,24H,16-17H2. The van der Waals surface area contributed by atoms with Gasteiger partial charge in [-0.05, 0) is 16.7 Å². The third-order valence-electron chi connectivity index (χ3n) is 4.91. The van der Waals surface area contributed by atoms with Crippen molar-refractivity contribution in [2.45, 2.75) is 11.6 Å². The molecule has 1 aliphatic rings. The van der Waals surface area contributed by atoms with Gasteiger partial charge in [-0.2, -0.15) is 0 Å². The average molecular weight is 315 g/mol. The van der Waals surface area contributed by atoms with E-state index in [2.05, 4.69) is 95.9 Å². The second-order valence-corrected chi connectivity index (χ2v) is 6.37. The van der Waals surface area contributed by atoms with E-state index in [-0.39, 0.29) is 11.6 Å². The fourth-order valence-corrected chi connectivity index (χ4v) is 3.81. The van der Waals surface area contributed by atoms with Crippen LogP contribution in [0.4, 0.5) is 0 Å². The summed E-state index contributed by atoms with van der Waals surface area (Å²) in [4.78, 5) is 2.37. The van der Waals surface area contributed by atoms with Crippen LogP contribution in [0.1, 0.15) is 16.7 Å². The average Bonchev–Trinajstić information content (AvgIpc) is 2.64. The minimum atomic E-state index is -0.372. The molecule has 1 aliphatic heterocycles. The number of nitrogens with zero attached hydrogens (tertiary/aromatic N) is 1. The van der Waals surface area contributed by atoms with Crippen LogP contribution in [0.3, 0.4) is 0 Å². The summed E-state index contributed by atoms with van der Waals surface area (Å²) in [6.45, 7) is 1.36. The molecule has 0 saturated carbocycles. The molecule has 0 bridgehead atoms. The van der Waals surface area contributed by atoms with Gasteiger partial charge in [0.1, 0.15) is 0 Å². The Morgan fingerprint density at radius 1 is 0.625 bits per heavy atom. The third-order valence-corrected chi connectivity index (χ3v) is 4.91. The molecule has 120 valence electrons. The van der Waals surface area contributed by atoms with Crippen LogP contribution < -0.4 is 0 Å². The zero-order chi connectivity index (χ0) is 16.4. The van der Waals surface area contributed by atoms with Crippen LogP contribution in [0.5, 0.6) is 0 Å². The topological polar surface area (TPSA) is 23.5 Å². The molecule has 3 aromatic rings. The van der Waals surface area contributed by atoms with E-state index < -0.39 is 0 Å². The van der Waals surface area contributed by atoms with Crippen LogP contribution in [0.15, 0.2) is 91.0 Å². The Morgan fingerprint density at radius 2 is 0.958 bits per heavy atom. The molecule has 1 heterocycles. The van der Waals surface area contributed by atoms with Gasteiger partial charge in [0.25, 0.3) is 0 Å². The van der Waals surface area contributed by atoms with Gasteiger partial charge in [0.15, 0.2) is 0 Å². The van der Waals surface area contributed by atoms with E-state index in [1.54, 1.807) is 0 Å². The number of hydrogen-bond acceptors (Lipinski definition) is 2. The van der Waals surface area contributed by atoms with E-state index in [1.807, 2.05) is 0 Å². The molecule has 0 spiro atoms. The summed E-state index contributed by atoms with van der Waals surface area (Å²) in [6.07, 6.45) is -0.250. The van der Waals surface area contributed by atoms with Crippen molar-refractivity contribution < 1.29 is 5.11 Å². The molecular formula is C22H21NO. The Morgan fingerprint density at radius 3 is 1.25 bits per heavy atom. The van der Waals surface area contributed by atoms with E-state index in [0.29, 0.717) is 13.1 Å². The predicted octanol–water partition coefficient (Wildman–Crippen LogP) is 3.66. The lowest BCUT2D eigenvalue weighted by Gasteiger charge is -2.52. The molecule has 4 rings (SSSR count). The van der Waals surface area contributed by atoms with Crippen LogP contribution in [0, 0.1) is 0 Å². The molecule has 0 atom stereocenters. The summed E-state index contributed by atoms with van der Waals surface area (Å²) in [5, 5.41) is 9.98. The van der Waals surface area contributed by atoms with Crippen LogP contribution in [-0.4, -0.2) is 29.2 Å². The fourth-order valence-electron chi connectivity index (χ4n) is 3.81. The van der Waals surface area contributed by atoms with Gasteiger partial charge in [-0.1, -0.05) is 91.0 Å². The highest BCUT2D eigenvalue weighted by Gasteiger charge is 2.46. The summed E-state index contributed by atoms with van der Waals surface area (Å²) in [5.74, 6) is 0. The van der Waals surface area contributed by atoms with Gasteiger partial charge < -0.3 is 5.11 Å². The number of likely N-dealkylation sites (tertiary alicyclic amines) is 1. The van der Waals surface area contributed by atoms with Crippen molar-refractivity contribution in [3.8, 4) is 0 Å². The van der Waals surface area contributed by atoms with Crippen molar-refractivity contribution in [3.05, 3.63) is 108 Å². The van der Waals surface area contributed by atoms with Crippen LogP contribution >= 0.6 is 0 Å². The molecule has 1 fully saturated rings. The number of β-amino-alcohol motifs (C(OH)–C–C–N with tert-alkyl or cyclic N) is 1. The number of rotatable bonds is 4. The molecule has 3 aromatic carbocycles. The maximum absolute atomic E-state index is 9.98. The van der Waals surface area contributed by atoms with E-state index in [4.69, 9.17) is 0 Å². The summed E-state index contributed by atoms with van der Waals surface area (Å²) in [6, 6.07) is 31.8. The molecule has 0 radical (unpaired) electrons. The van der Waals surface area contributed by atoms with Gasteiger partial charge in [0.2, 0.25) is 0 Å². The minimum absolute atomic E-state index is 0.250. The smallest absolute Gasteiger partial charge is 0.0974 e. The first-order valence-electron chi connectivity index (χ1n) is 8.41. The zero-order valence-electron chi connectivity index (χ0n) is 13.5. The van der Waals surface area contributed by atoms with Gasteiger partial charge in [-0.15, -0.1) is 0 Å². The van der Waals surface area contributed by atoms with Crippen molar-refractivity contribution in [2.75, 3.05) is 13.1 Å². The molecule has 0 amide bonds. The lowest BCUT2D eigenvalue weighted by molar-refractivity contribution is -0.0419. The Balaban J connectivity index is 2.00. The Kier molecular flexibility index (Phi) is 3.93. The predicted molar refractivity (Wildman–Crippen MR) is 96.8 cm³/mol. The molecule has 0 unspecified atom stereocenters. The summed E-state index contributed by atoms with van der Waals surface area (Å²) in [7, 11) is 0. The summed E-state index contributed by atoms with van der Waals surface area (Å²) >= 11 is 0. The molecule has 2 nitrogen and oxygen atoms in total. The SMILES string of the molecule is OC1CN(C(c2ccccc2)(c2ccccc2)c2ccccc2)C1. The highest BCUT2D eigenvalue weighted by Crippen LogP contribution is 2.44. The van der Waals surface area contributed by atoms with Gasteiger partial charge in [0.05, 0.1) is 11.6 Å². The van der Waals surface area contributed by atoms with Crippen molar-refractivity contribution in [2.24, 2.45) is 0 Å². The maximum atomic E-state index is 9.98. The van der Waals surface area contributed by atoms with Crippen LogP contribution in [0.2, 0.25) is 0 Å². The zero-order valence-corrected chi connectivity index (χ0v) is 13.5. The second kappa shape index (κ2) is 6.23.